The first-order valence-electron chi connectivity index (χ1n) is 7.63. The zero-order valence-electron chi connectivity index (χ0n) is 11.8. The minimum absolute atomic E-state index is 0.766. The normalized spacial score (nSPS) is 18.8. The minimum Gasteiger partial charge on any atom is -0.294 e. The largest absolute Gasteiger partial charge is 0.294 e. The highest BCUT2D eigenvalue weighted by Crippen LogP contribution is 2.39. The molecule has 0 spiro atoms. The number of rotatable bonds is 3. The van der Waals surface area contributed by atoms with E-state index in [0.29, 0.717) is 0 Å². The maximum atomic E-state index is 4.89. The van der Waals surface area contributed by atoms with Crippen LogP contribution in [0.3, 0.4) is 0 Å². The van der Waals surface area contributed by atoms with Crippen LogP contribution in [0.4, 0.5) is 0 Å². The number of pyridine rings is 1. The number of aromatic nitrogens is 1. The topological polar surface area (TPSA) is 16.1 Å². The van der Waals surface area contributed by atoms with Gasteiger partial charge in [0, 0.05) is 43.4 Å². The highest BCUT2D eigenvalue weighted by molar-refractivity contribution is 5.28. The van der Waals surface area contributed by atoms with Crippen LogP contribution in [-0.4, -0.2) is 16.4 Å². The van der Waals surface area contributed by atoms with Gasteiger partial charge in [0.15, 0.2) is 0 Å². The Hall–Kier alpha value is -1.67. The lowest BCUT2D eigenvalue weighted by Gasteiger charge is -2.28. The van der Waals surface area contributed by atoms with Crippen molar-refractivity contribution in [1.29, 1.82) is 0 Å². The van der Waals surface area contributed by atoms with Gasteiger partial charge in [0.1, 0.15) is 0 Å². The molecule has 2 heteroatoms. The van der Waals surface area contributed by atoms with Gasteiger partial charge in [0.05, 0.1) is 0 Å². The summed E-state index contributed by atoms with van der Waals surface area (Å²) in [6, 6.07) is 15.3. The van der Waals surface area contributed by atoms with Crippen molar-refractivity contribution in [2.45, 2.75) is 38.3 Å². The first kappa shape index (κ1) is 12.1. The van der Waals surface area contributed by atoms with E-state index in [2.05, 4.69) is 47.4 Å². The van der Waals surface area contributed by atoms with Crippen LogP contribution in [0.5, 0.6) is 0 Å². The van der Waals surface area contributed by atoms with E-state index >= 15 is 0 Å². The molecule has 0 radical (unpaired) electrons. The summed E-state index contributed by atoms with van der Waals surface area (Å²) in [6.07, 6.45) is 3.78. The van der Waals surface area contributed by atoms with Crippen LogP contribution < -0.4 is 0 Å². The Balaban J connectivity index is 1.49. The molecule has 102 valence electrons. The molecule has 0 bridgehead atoms. The minimum atomic E-state index is 0.766. The third-order valence-corrected chi connectivity index (χ3v) is 4.39. The number of fused-ring (bicyclic) bond motifs is 1. The Labute approximate surface area is 120 Å². The fourth-order valence-electron chi connectivity index (χ4n) is 3.07. The lowest BCUT2D eigenvalue weighted by atomic mass is 10.0. The quantitative estimate of drug-likeness (QED) is 0.843. The Morgan fingerprint density at radius 1 is 1.05 bits per heavy atom. The summed E-state index contributed by atoms with van der Waals surface area (Å²) in [7, 11) is 0. The van der Waals surface area contributed by atoms with Crippen molar-refractivity contribution in [3.8, 4) is 0 Å². The molecule has 0 amide bonds. The second-order valence-corrected chi connectivity index (χ2v) is 6.06. The molecule has 2 aromatic rings. The van der Waals surface area contributed by atoms with E-state index in [-0.39, 0.29) is 0 Å². The fraction of sp³-hybridized carbons (Fsp3) is 0.389. The van der Waals surface area contributed by atoms with Gasteiger partial charge >= 0.3 is 0 Å². The molecular weight excluding hydrogens is 244 g/mol. The standard InChI is InChI=1S/C18H20N2/c1-2-4-14(5-3-1)12-20-11-10-18-16(13-20)8-9-17(19-18)15-6-7-15/h1-5,8-9,15H,6-7,10-13H2. The van der Waals surface area contributed by atoms with Gasteiger partial charge in [-0.3, -0.25) is 9.88 Å². The Kier molecular flexibility index (Phi) is 3.04. The Bertz CT molecular complexity index is 602. The van der Waals surface area contributed by atoms with E-state index in [4.69, 9.17) is 4.98 Å². The summed E-state index contributed by atoms with van der Waals surface area (Å²) in [4.78, 5) is 7.41. The molecule has 0 unspecified atom stereocenters. The summed E-state index contributed by atoms with van der Waals surface area (Å²) in [5.41, 5.74) is 5.51. The molecule has 0 atom stereocenters. The summed E-state index contributed by atoms with van der Waals surface area (Å²) in [6.45, 7) is 3.22. The van der Waals surface area contributed by atoms with Crippen LogP contribution in [0.25, 0.3) is 0 Å². The predicted molar refractivity (Wildman–Crippen MR) is 80.5 cm³/mol. The molecule has 1 aromatic heterocycles. The van der Waals surface area contributed by atoms with Gasteiger partial charge in [-0.05, 0) is 30.0 Å². The maximum absolute atomic E-state index is 4.89. The molecule has 20 heavy (non-hydrogen) atoms. The summed E-state index contributed by atoms with van der Waals surface area (Å²) in [5.74, 6) is 0.766. The number of benzene rings is 1. The van der Waals surface area contributed by atoms with E-state index in [1.54, 1.807) is 0 Å². The van der Waals surface area contributed by atoms with E-state index in [0.717, 1.165) is 32.0 Å². The molecule has 0 saturated heterocycles. The highest BCUT2D eigenvalue weighted by Gasteiger charge is 2.26. The van der Waals surface area contributed by atoms with Gasteiger partial charge in [-0.15, -0.1) is 0 Å². The smallest absolute Gasteiger partial charge is 0.0464 e. The first-order chi connectivity index (χ1) is 9.88. The third-order valence-electron chi connectivity index (χ3n) is 4.39. The summed E-state index contributed by atoms with van der Waals surface area (Å²) in [5, 5.41) is 0. The molecule has 2 nitrogen and oxygen atoms in total. The number of nitrogens with zero attached hydrogens (tertiary/aromatic N) is 2. The summed E-state index contributed by atoms with van der Waals surface area (Å²) >= 11 is 0. The predicted octanol–water partition coefficient (Wildman–Crippen LogP) is 3.52. The maximum Gasteiger partial charge on any atom is 0.0464 e. The van der Waals surface area contributed by atoms with Crippen LogP contribution in [0.2, 0.25) is 0 Å². The average molecular weight is 264 g/mol. The molecule has 0 N–H and O–H groups in total. The third kappa shape index (κ3) is 2.48. The van der Waals surface area contributed by atoms with Crippen molar-refractivity contribution in [2.75, 3.05) is 6.54 Å². The van der Waals surface area contributed by atoms with Crippen molar-refractivity contribution < 1.29 is 0 Å². The lowest BCUT2D eigenvalue weighted by molar-refractivity contribution is 0.243. The first-order valence-corrected chi connectivity index (χ1v) is 7.63. The molecule has 1 fully saturated rings. The molecule has 2 heterocycles. The van der Waals surface area contributed by atoms with Crippen molar-refractivity contribution in [2.24, 2.45) is 0 Å². The van der Waals surface area contributed by atoms with Gasteiger partial charge in [-0.25, -0.2) is 0 Å². The van der Waals surface area contributed by atoms with Crippen LogP contribution in [-0.2, 0) is 19.5 Å². The van der Waals surface area contributed by atoms with Gasteiger partial charge in [-0.1, -0.05) is 36.4 Å². The van der Waals surface area contributed by atoms with E-state index < -0.39 is 0 Å². The highest BCUT2D eigenvalue weighted by atomic mass is 15.1. The second kappa shape index (κ2) is 5.02. The van der Waals surface area contributed by atoms with Gasteiger partial charge in [0.25, 0.3) is 0 Å². The Morgan fingerprint density at radius 3 is 2.70 bits per heavy atom. The van der Waals surface area contributed by atoms with Crippen molar-refractivity contribution in [3.05, 3.63) is 65.0 Å². The molecule has 1 aromatic carbocycles. The fourth-order valence-corrected chi connectivity index (χ4v) is 3.07. The summed E-state index contributed by atoms with van der Waals surface area (Å²) < 4.78 is 0. The lowest BCUT2D eigenvalue weighted by Crippen LogP contribution is -2.30. The van der Waals surface area contributed by atoms with Crippen molar-refractivity contribution in [3.63, 3.8) is 0 Å². The molecule has 4 rings (SSSR count). The monoisotopic (exact) mass is 264 g/mol. The SMILES string of the molecule is c1ccc(CN2CCc3nc(C4CC4)ccc3C2)cc1. The zero-order valence-corrected chi connectivity index (χ0v) is 11.8. The van der Waals surface area contributed by atoms with Gasteiger partial charge in [0.2, 0.25) is 0 Å². The van der Waals surface area contributed by atoms with E-state index in [1.165, 1.54) is 35.4 Å². The number of hydrogen-bond donors (Lipinski definition) is 0. The second-order valence-electron chi connectivity index (χ2n) is 6.06. The van der Waals surface area contributed by atoms with Crippen LogP contribution in [0.15, 0.2) is 42.5 Å². The average Bonchev–Trinajstić information content (AvgIpc) is 3.32. The van der Waals surface area contributed by atoms with Crippen LogP contribution in [0, 0.1) is 0 Å². The van der Waals surface area contributed by atoms with E-state index in [1.807, 2.05) is 0 Å². The molecule has 1 saturated carbocycles. The van der Waals surface area contributed by atoms with E-state index in [9.17, 15) is 0 Å². The molecular formula is C18H20N2. The Morgan fingerprint density at radius 2 is 1.90 bits per heavy atom. The van der Waals surface area contributed by atoms with Gasteiger partial charge < -0.3 is 0 Å². The van der Waals surface area contributed by atoms with Crippen LogP contribution >= 0.6 is 0 Å². The number of hydrogen-bond acceptors (Lipinski definition) is 2. The zero-order chi connectivity index (χ0) is 13.4. The van der Waals surface area contributed by atoms with Crippen LogP contribution in [0.1, 0.15) is 41.3 Å². The molecule has 2 aliphatic rings. The van der Waals surface area contributed by atoms with Crippen molar-refractivity contribution >= 4 is 0 Å². The van der Waals surface area contributed by atoms with Crippen molar-refractivity contribution in [1.82, 2.24) is 9.88 Å². The van der Waals surface area contributed by atoms with Gasteiger partial charge in [-0.2, -0.15) is 0 Å². The molecule has 1 aliphatic heterocycles. The molecule has 1 aliphatic carbocycles.